The predicted molar refractivity (Wildman–Crippen MR) is 119 cm³/mol. The summed E-state index contributed by atoms with van der Waals surface area (Å²) in [4.78, 5) is 29.4. The van der Waals surface area contributed by atoms with Crippen LogP contribution in [0.15, 0.2) is 59.4 Å². The normalized spacial score (nSPS) is 16.1. The van der Waals surface area contributed by atoms with Crippen LogP contribution in [-0.2, 0) is 9.53 Å². The van der Waals surface area contributed by atoms with Crippen LogP contribution in [0.4, 0.5) is 10.6 Å². The van der Waals surface area contributed by atoms with Crippen LogP contribution in [0.25, 0.3) is 0 Å². The SMILES string of the molecule is C#CC(/C=C\C(=C/C)OCCN(C)c1ccccn1)/C=C1/SC(=O)NC1=O.CC. The number of thioether (sulfide) groups is 1. The lowest BCUT2D eigenvalue weighted by Crippen LogP contribution is -2.23. The van der Waals surface area contributed by atoms with Gasteiger partial charge in [-0.1, -0.05) is 31.9 Å². The van der Waals surface area contributed by atoms with E-state index >= 15 is 0 Å². The molecule has 29 heavy (non-hydrogen) atoms. The maximum Gasteiger partial charge on any atom is 0.290 e. The zero-order chi connectivity index (χ0) is 21.6. The van der Waals surface area contributed by atoms with Gasteiger partial charge in [0.15, 0.2) is 0 Å². The van der Waals surface area contributed by atoms with Crippen LogP contribution in [0.3, 0.4) is 0 Å². The number of nitrogens with one attached hydrogen (secondary N) is 1. The molecule has 1 saturated heterocycles. The van der Waals surface area contributed by atoms with Crippen molar-refractivity contribution in [3.8, 4) is 12.3 Å². The first-order valence-corrected chi connectivity index (χ1v) is 10.2. The van der Waals surface area contributed by atoms with E-state index in [-0.39, 0.29) is 5.24 Å². The molecule has 7 heteroatoms. The van der Waals surface area contributed by atoms with Gasteiger partial charge in [0.1, 0.15) is 18.2 Å². The number of anilines is 1. The van der Waals surface area contributed by atoms with Gasteiger partial charge in [0, 0.05) is 13.2 Å². The molecule has 1 aromatic rings. The number of imide groups is 1. The van der Waals surface area contributed by atoms with E-state index in [4.69, 9.17) is 11.2 Å². The molecule has 1 aliphatic heterocycles. The molecule has 1 N–H and O–H groups in total. The standard InChI is InChI=1S/C20H21N3O3S.C2H6/c1-4-15(14-17-19(24)22-20(25)27-17)9-10-16(5-2)26-13-12-23(3)18-8-6-7-11-21-18;1-2/h1,5-11,14-15H,12-13H2,2-3H3,(H,22,24,25);1-2H3/b10-9-,16-5+,17-14+;. The molecule has 1 atom stereocenters. The van der Waals surface area contributed by atoms with E-state index in [0.29, 0.717) is 23.8 Å². The van der Waals surface area contributed by atoms with E-state index in [2.05, 4.69) is 16.2 Å². The van der Waals surface area contributed by atoms with Gasteiger partial charge in [-0.05, 0) is 49.0 Å². The van der Waals surface area contributed by atoms with E-state index in [9.17, 15) is 9.59 Å². The van der Waals surface area contributed by atoms with Crippen LogP contribution < -0.4 is 10.2 Å². The second kappa shape index (κ2) is 13.2. The van der Waals surface area contributed by atoms with Crippen molar-refractivity contribution in [2.45, 2.75) is 20.8 Å². The Morgan fingerprint density at radius 1 is 1.41 bits per heavy atom. The summed E-state index contributed by atoms with van der Waals surface area (Å²) in [7, 11) is 1.95. The Labute approximate surface area is 177 Å². The molecule has 0 bridgehead atoms. The maximum absolute atomic E-state index is 11.6. The van der Waals surface area contributed by atoms with Crippen molar-refractivity contribution in [2.75, 3.05) is 25.1 Å². The van der Waals surface area contributed by atoms with Gasteiger partial charge in [-0.2, -0.15) is 0 Å². The molecule has 0 aromatic carbocycles. The van der Waals surface area contributed by atoms with Crippen LogP contribution >= 0.6 is 11.8 Å². The predicted octanol–water partition coefficient (Wildman–Crippen LogP) is 4.14. The highest BCUT2D eigenvalue weighted by atomic mass is 32.2. The molecule has 6 nitrogen and oxygen atoms in total. The van der Waals surface area contributed by atoms with Crippen molar-refractivity contribution in [1.29, 1.82) is 0 Å². The van der Waals surface area contributed by atoms with E-state index in [1.54, 1.807) is 24.4 Å². The monoisotopic (exact) mass is 413 g/mol. The molecule has 0 spiro atoms. The van der Waals surface area contributed by atoms with Crippen molar-refractivity contribution in [1.82, 2.24) is 10.3 Å². The molecule has 2 rings (SSSR count). The molecule has 0 aliphatic carbocycles. The summed E-state index contributed by atoms with van der Waals surface area (Å²) in [5, 5.41) is 1.81. The average molecular weight is 414 g/mol. The number of pyridine rings is 1. The molecule has 1 aromatic heterocycles. The Balaban J connectivity index is 0.00000204. The van der Waals surface area contributed by atoms with Crippen LogP contribution in [0.1, 0.15) is 20.8 Å². The van der Waals surface area contributed by atoms with Crippen LogP contribution in [-0.4, -0.2) is 36.3 Å². The van der Waals surface area contributed by atoms with Crippen LogP contribution in [0.5, 0.6) is 0 Å². The quantitative estimate of drug-likeness (QED) is 0.299. The number of nitrogens with zero attached hydrogens (tertiary/aromatic N) is 2. The van der Waals surface area contributed by atoms with Crippen molar-refractivity contribution >= 4 is 28.7 Å². The minimum Gasteiger partial charge on any atom is -0.492 e. The van der Waals surface area contributed by atoms with Crippen LogP contribution in [0, 0.1) is 18.3 Å². The Morgan fingerprint density at radius 3 is 2.72 bits per heavy atom. The minimum absolute atomic E-state index is 0.313. The lowest BCUT2D eigenvalue weighted by atomic mass is 10.1. The van der Waals surface area contributed by atoms with Gasteiger partial charge in [-0.15, -0.1) is 6.42 Å². The van der Waals surface area contributed by atoms with Crippen molar-refractivity contribution in [3.05, 3.63) is 59.4 Å². The smallest absolute Gasteiger partial charge is 0.290 e. The molecule has 1 unspecified atom stereocenters. The first-order valence-electron chi connectivity index (χ1n) is 9.34. The fraction of sp³-hybridized carbons (Fsp3) is 0.318. The van der Waals surface area contributed by atoms with Crippen LogP contribution in [0.2, 0.25) is 0 Å². The molecular weight excluding hydrogens is 386 g/mol. The fourth-order valence-electron chi connectivity index (χ4n) is 2.18. The number of amides is 2. The molecular formula is C22H27N3O3S. The van der Waals surface area contributed by atoms with Gasteiger partial charge in [0.25, 0.3) is 11.1 Å². The molecule has 2 amide bonds. The zero-order valence-corrected chi connectivity index (χ0v) is 18.0. The number of rotatable bonds is 8. The molecule has 2 heterocycles. The van der Waals surface area contributed by atoms with E-state index in [1.165, 1.54) is 0 Å². The number of terminal acetylenes is 1. The van der Waals surface area contributed by atoms with Gasteiger partial charge >= 0.3 is 0 Å². The van der Waals surface area contributed by atoms with Crippen molar-refractivity contribution in [3.63, 3.8) is 0 Å². The Kier molecular flexibility index (Phi) is 11.0. The van der Waals surface area contributed by atoms with E-state index in [0.717, 1.165) is 17.6 Å². The number of aromatic nitrogens is 1. The lowest BCUT2D eigenvalue weighted by molar-refractivity contribution is -0.115. The van der Waals surface area contributed by atoms with Gasteiger partial charge in [-0.3, -0.25) is 14.9 Å². The van der Waals surface area contributed by atoms with Crippen molar-refractivity contribution < 1.29 is 14.3 Å². The van der Waals surface area contributed by atoms with Crippen molar-refractivity contribution in [2.24, 2.45) is 5.92 Å². The van der Waals surface area contributed by atoms with Gasteiger partial charge in [0.05, 0.1) is 17.4 Å². The number of ether oxygens (including phenoxy) is 1. The summed E-state index contributed by atoms with van der Waals surface area (Å²) in [5.41, 5.74) is 0. The van der Waals surface area contributed by atoms with E-state index in [1.807, 2.05) is 57.0 Å². The first-order chi connectivity index (χ1) is 14.0. The largest absolute Gasteiger partial charge is 0.492 e. The molecule has 0 radical (unpaired) electrons. The number of hydrogen-bond donors (Lipinski definition) is 1. The lowest BCUT2D eigenvalue weighted by Gasteiger charge is -2.18. The highest BCUT2D eigenvalue weighted by Gasteiger charge is 2.25. The third-order valence-corrected chi connectivity index (χ3v) is 4.48. The Bertz CT molecular complexity index is 810. The Morgan fingerprint density at radius 2 is 2.17 bits per heavy atom. The second-order valence-corrected chi connectivity index (χ2v) is 6.59. The van der Waals surface area contributed by atoms with Gasteiger partial charge in [0.2, 0.25) is 0 Å². The Hall–Kier alpha value is -2.98. The summed E-state index contributed by atoms with van der Waals surface area (Å²) in [6.07, 6.45) is 14.2. The number of likely N-dealkylation sites (N-methyl/N-ethyl adjacent to an activating group) is 1. The third-order valence-electron chi connectivity index (χ3n) is 3.65. The van der Waals surface area contributed by atoms with E-state index < -0.39 is 11.8 Å². The molecule has 0 saturated carbocycles. The maximum atomic E-state index is 11.6. The molecule has 1 aliphatic rings. The number of hydrogen-bond acceptors (Lipinski definition) is 6. The summed E-state index contributed by atoms with van der Waals surface area (Å²) in [6, 6.07) is 5.74. The summed E-state index contributed by atoms with van der Waals surface area (Å²) in [6.45, 7) is 7.01. The molecule has 154 valence electrons. The number of allylic oxidation sites excluding steroid dienone is 4. The first kappa shape index (κ1) is 24.1. The third kappa shape index (κ3) is 8.28. The van der Waals surface area contributed by atoms with Gasteiger partial charge in [-0.25, -0.2) is 4.98 Å². The summed E-state index contributed by atoms with van der Waals surface area (Å²) in [5.74, 6) is 3.28. The number of carbonyl (C=O) groups is 2. The fourth-order valence-corrected chi connectivity index (χ4v) is 2.88. The van der Waals surface area contributed by atoms with Gasteiger partial charge < -0.3 is 9.64 Å². The average Bonchev–Trinajstić information content (AvgIpc) is 3.07. The summed E-state index contributed by atoms with van der Waals surface area (Å²) < 4.78 is 5.76. The highest BCUT2D eigenvalue weighted by molar-refractivity contribution is 8.18. The second-order valence-electron chi connectivity index (χ2n) is 5.58. The zero-order valence-electron chi connectivity index (χ0n) is 17.2. The number of carbonyl (C=O) groups excluding carboxylic acids is 2. The highest BCUT2D eigenvalue weighted by Crippen LogP contribution is 2.25. The summed E-state index contributed by atoms with van der Waals surface area (Å²) >= 11 is 0.847. The topological polar surface area (TPSA) is 71.5 Å². The minimum atomic E-state index is -0.418. The molecule has 1 fully saturated rings.